The lowest BCUT2D eigenvalue weighted by atomic mass is 10.2. The molecule has 0 aliphatic heterocycles. The van der Waals surface area contributed by atoms with E-state index in [1.807, 2.05) is 12.1 Å². The van der Waals surface area contributed by atoms with Gasteiger partial charge in [0, 0.05) is 29.5 Å². The Morgan fingerprint density at radius 3 is 2.72 bits per heavy atom. The number of pyridine rings is 1. The van der Waals surface area contributed by atoms with E-state index in [0.29, 0.717) is 23.7 Å². The van der Waals surface area contributed by atoms with E-state index in [1.165, 1.54) is 24.6 Å². The zero-order chi connectivity index (χ0) is 17.6. The van der Waals surface area contributed by atoms with Crippen molar-refractivity contribution in [3.8, 4) is 11.8 Å². The highest BCUT2D eigenvalue weighted by molar-refractivity contribution is 7.99. The maximum Gasteiger partial charge on any atom is 0.225 e. The molecule has 128 valence electrons. The molecular weight excluding hydrogens is 334 g/mol. The lowest BCUT2D eigenvalue weighted by molar-refractivity contribution is -0.115. The Hall–Kier alpha value is -2.52. The Morgan fingerprint density at radius 1 is 1.32 bits per heavy atom. The van der Waals surface area contributed by atoms with Gasteiger partial charge in [0.25, 0.3) is 0 Å². The lowest BCUT2D eigenvalue weighted by Crippen LogP contribution is -2.12. The van der Waals surface area contributed by atoms with E-state index >= 15 is 0 Å². The molecule has 1 aromatic heterocycles. The van der Waals surface area contributed by atoms with Crippen molar-refractivity contribution >= 4 is 23.4 Å². The smallest absolute Gasteiger partial charge is 0.225 e. The van der Waals surface area contributed by atoms with Gasteiger partial charge in [-0.05, 0) is 49.2 Å². The first-order valence-corrected chi connectivity index (χ1v) is 9.16. The maximum absolute atomic E-state index is 12.1. The van der Waals surface area contributed by atoms with Crippen molar-refractivity contribution in [3.63, 3.8) is 0 Å². The number of benzene rings is 1. The third kappa shape index (κ3) is 4.74. The van der Waals surface area contributed by atoms with Gasteiger partial charge in [0.1, 0.15) is 16.8 Å². The van der Waals surface area contributed by atoms with E-state index in [0.717, 1.165) is 22.2 Å². The summed E-state index contributed by atoms with van der Waals surface area (Å²) in [6, 6.07) is 13.2. The van der Waals surface area contributed by atoms with Crippen LogP contribution in [-0.2, 0) is 4.79 Å². The molecule has 0 unspecified atom stereocenters. The van der Waals surface area contributed by atoms with Crippen LogP contribution in [0.4, 0.5) is 5.69 Å². The largest absolute Gasteiger partial charge is 0.497 e. The third-order valence-corrected chi connectivity index (χ3v) is 4.93. The van der Waals surface area contributed by atoms with Gasteiger partial charge < -0.3 is 10.1 Å². The molecule has 1 aromatic carbocycles. The van der Waals surface area contributed by atoms with Crippen molar-refractivity contribution in [3.05, 3.63) is 47.7 Å². The van der Waals surface area contributed by atoms with Crippen molar-refractivity contribution in [1.29, 1.82) is 5.26 Å². The zero-order valence-electron chi connectivity index (χ0n) is 14.0. The molecule has 1 saturated carbocycles. The summed E-state index contributed by atoms with van der Waals surface area (Å²) < 4.78 is 5.09. The first-order valence-electron chi connectivity index (χ1n) is 8.17. The molecule has 0 saturated heterocycles. The third-order valence-electron chi connectivity index (χ3n) is 3.94. The summed E-state index contributed by atoms with van der Waals surface area (Å²) in [7, 11) is 1.60. The number of aromatic nitrogens is 1. The average Bonchev–Trinajstić information content (AvgIpc) is 3.47. The van der Waals surface area contributed by atoms with Crippen LogP contribution >= 0.6 is 11.8 Å². The van der Waals surface area contributed by atoms with Gasteiger partial charge in [-0.25, -0.2) is 4.98 Å². The molecule has 0 atom stereocenters. The van der Waals surface area contributed by atoms with Crippen LogP contribution in [0.1, 0.15) is 36.4 Å². The van der Waals surface area contributed by atoms with Crippen LogP contribution in [0, 0.1) is 11.3 Å². The molecule has 1 fully saturated rings. The number of carbonyl (C=O) groups excluding carboxylic acids is 1. The first kappa shape index (κ1) is 17.3. The van der Waals surface area contributed by atoms with E-state index in [9.17, 15) is 10.1 Å². The van der Waals surface area contributed by atoms with Gasteiger partial charge in [-0.1, -0.05) is 0 Å². The maximum atomic E-state index is 12.1. The fraction of sp³-hybridized carbons (Fsp3) is 0.316. The number of ether oxygens (including phenoxy) is 1. The second kappa shape index (κ2) is 8.04. The SMILES string of the molecule is COc1ccc(NC(=O)CCSc2nc(C3CC3)ccc2C#N)cc1. The number of hydrogen-bond acceptors (Lipinski definition) is 5. The summed E-state index contributed by atoms with van der Waals surface area (Å²) in [5.74, 6) is 1.82. The summed E-state index contributed by atoms with van der Waals surface area (Å²) in [5.41, 5.74) is 2.37. The summed E-state index contributed by atoms with van der Waals surface area (Å²) >= 11 is 1.46. The molecule has 2 aromatic rings. The van der Waals surface area contributed by atoms with Crippen LogP contribution in [0.5, 0.6) is 5.75 Å². The fourth-order valence-electron chi connectivity index (χ4n) is 2.39. The van der Waals surface area contributed by atoms with Gasteiger partial charge in [0.05, 0.1) is 12.7 Å². The minimum atomic E-state index is -0.0606. The van der Waals surface area contributed by atoms with E-state index in [-0.39, 0.29) is 5.91 Å². The van der Waals surface area contributed by atoms with Crippen molar-refractivity contribution in [2.24, 2.45) is 0 Å². The highest BCUT2D eigenvalue weighted by Crippen LogP contribution is 2.39. The van der Waals surface area contributed by atoms with Crippen LogP contribution in [0.3, 0.4) is 0 Å². The molecule has 6 heteroatoms. The van der Waals surface area contributed by atoms with Gasteiger partial charge in [-0.15, -0.1) is 11.8 Å². The number of carbonyl (C=O) groups is 1. The van der Waals surface area contributed by atoms with E-state index in [1.54, 1.807) is 31.4 Å². The number of nitriles is 1. The summed E-state index contributed by atoms with van der Waals surface area (Å²) in [6.07, 6.45) is 2.71. The Bertz CT molecular complexity index is 795. The lowest BCUT2D eigenvalue weighted by Gasteiger charge is -2.07. The predicted octanol–water partition coefficient (Wildman–Crippen LogP) is 3.96. The molecular formula is C19H19N3O2S. The van der Waals surface area contributed by atoms with E-state index in [2.05, 4.69) is 16.4 Å². The molecule has 5 nitrogen and oxygen atoms in total. The summed E-state index contributed by atoms with van der Waals surface area (Å²) in [5, 5.41) is 12.8. The van der Waals surface area contributed by atoms with E-state index in [4.69, 9.17) is 4.74 Å². The fourth-order valence-corrected chi connectivity index (χ4v) is 3.31. The highest BCUT2D eigenvalue weighted by Gasteiger charge is 2.25. The number of methoxy groups -OCH3 is 1. The molecule has 0 radical (unpaired) electrons. The van der Waals surface area contributed by atoms with Gasteiger partial charge in [0.15, 0.2) is 0 Å². The van der Waals surface area contributed by atoms with Crippen molar-refractivity contribution in [2.75, 3.05) is 18.2 Å². The highest BCUT2D eigenvalue weighted by atomic mass is 32.2. The Morgan fingerprint density at radius 2 is 2.08 bits per heavy atom. The van der Waals surface area contributed by atoms with Gasteiger partial charge in [-0.3, -0.25) is 4.79 Å². The van der Waals surface area contributed by atoms with Crippen LogP contribution in [0.2, 0.25) is 0 Å². The average molecular weight is 353 g/mol. The minimum Gasteiger partial charge on any atom is -0.497 e. The summed E-state index contributed by atoms with van der Waals surface area (Å²) in [6.45, 7) is 0. The number of rotatable bonds is 7. The summed E-state index contributed by atoms with van der Waals surface area (Å²) in [4.78, 5) is 16.7. The normalized spacial score (nSPS) is 13.1. The Kier molecular flexibility index (Phi) is 5.56. The number of nitrogens with one attached hydrogen (secondary N) is 1. The van der Waals surface area contributed by atoms with Gasteiger partial charge >= 0.3 is 0 Å². The quantitative estimate of drug-likeness (QED) is 0.763. The molecule has 0 spiro atoms. The van der Waals surface area contributed by atoms with E-state index < -0.39 is 0 Å². The first-order chi connectivity index (χ1) is 12.2. The molecule has 1 aliphatic rings. The number of hydrogen-bond donors (Lipinski definition) is 1. The van der Waals surface area contributed by atoms with Crippen molar-refractivity contribution in [1.82, 2.24) is 4.98 Å². The number of nitrogens with zero attached hydrogens (tertiary/aromatic N) is 2. The predicted molar refractivity (Wildman–Crippen MR) is 97.9 cm³/mol. The standard InChI is InChI=1S/C19H19N3O2S/c1-24-16-7-5-15(6-8-16)21-18(23)10-11-25-19-14(12-20)4-9-17(22-19)13-2-3-13/h4-9,13H,2-3,10-11H2,1H3,(H,21,23). The molecule has 1 N–H and O–H groups in total. The second-order valence-electron chi connectivity index (χ2n) is 5.85. The van der Waals surface area contributed by atoms with Crippen molar-refractivity contribution < 1.29 is 9.53 Å². The monoisotopic (exact) mass is 353 g/mol. The molecule has 0 bridgehead atoms. The molecule has 1 amide bonds. The molecule has 3 rings (SSSR count). The topological polar surface area (TPSA) is 75.0 Å². The van der Waals surface area contributed by atoms with Gasteiger partial charge in [0.2, 0.25) is 5.91 Å². The number of amides is 1. The van der Waals surface area contributed by atoms with Crippen LogP contribution in [0.15, 0.2) is 41.4 Å². The molecule has 1 heterocycles. The minimum absolute atomic E-state index is 0.0606. The van der Waals surface area contributed by atoms with Crippen molar-refractivity contribution in [2.45, 2.75) is 30.2 Å². The second-order valence-corrected chi connectivity index (χ2v) is 6.93. The van der Waals surface area contributed by atoms with Gasteiger partial charge in [-0.2, -0.15) is 5.26 Å². The number of thioether (sulfide) groups is 1. The van der Waals surface area contributed by atoms with Crippen LogP contribution < -0.4 is 10.1 Å². The number of anilines is 1. The molecule has 25 heavy (non-hydrogen) atoms. The molecule has 1 aliphatic carbocycles. The Labute approximate surface area is 151 Å². The van der Waals surface area contributed by atoms with Crippen LogP contribution in [0.25, 0.3) is 0 Å². The zero-order valence-corrected chi connectivity index (χ0v) is 14.8. The van der Waals surface area contributed by atoms with Crippen LogP contribution in [-0.4, -0.2) is 23.8 Å². The Balaban J connectivity index is 1.52.